The summed E-state index contributed by atoms with van der Waals surface area (Å²) < 4.78 is 0. The molecule has 0 radical (unpaired) electrons. The highest BCUT2D eigenvalue weighted by molar-refractivity contribution is 5.15. The topological polar surface area (TPSA) is 0 Å². The van der Waals surface area contributed by atoms with Gasteiger partial charge in [0, 0.05) is 5.92 Å². The fraction of sp³-hybridized carbons (Fsp3) is 0.800. The van der Waals surface area contributed by atoms with Crippen molar-refractivity contribution in [1.29, 1.82) is 0 Å². The maximum Gasteiger partial charge on any atom is 0.0933 e. The Morgan fingerprint density at radius 1 is 1.40 bits per heavy atom. The van der Waals surface area contributed by atoms with Crippen molar-refractivity contribution >= 4 is 0 Å². The van der Waals surface area contributed by atoms with Gasteiger partial charge in [0.25, 0.3) is 0 Å². The first-order chi connectivity index (χ1) is 7.09. The SMILES string of the molecule is CC1=CCC(C(C)C)C2C[C+](C)CCC12. The van der Waals surface area contributed by atoms with Gasteiger partial charge in [-0.25, -0.2) is 0 Å². The van der Waals surface area contributed by atoms with Gasteiger partial charge in [-0.1, -0.05) is 25.5 Å². The summed E-state index contributed by atoms with van der Waals surface area (Å²) >= 11 is 0. The Balaban J connectivity index is 2.18. The second-order valence-corrected chi connectivity index (χ2v) is 6.06. The van der Waals surface area contributed by atoms with Gasteiger partial charge in [-0.2, -0.15) is 0 Å². The maximum absolute atomic E-state index is 2.52. The van der Waals surface area contributed by atoms with Gasteiger partial charge in [0.2, 0.25) is 0 Å². The molecule has 0 aromatic carbocycles. The molecule has 2 rings (SSSR count). The van der Waals surface area contributed by atoms with Gasteiger partial charge in [0.1, 0.15) is 0 Å². The zero-order chi connectivity index (χ0) is 11.0. The van der Waals surface area contributed by atoms with E-state index in [2.05, 4.69) is 33.8 Å². The lowest BCUT2D eigenvalue weighted by molar-refractivity contribution is 0.146. The van der Waals surface area contributed by atoms with Gasteiger partial charge in [0.15, 0.2) is 0 Å². The molecule has 0 heteroatoms. The van der Waals surface area contributed by atoms with Gasteiger partial charge in [0.05, 0.1) is 25.7 Å². The van der Waals surface area contributed by atoms with Crippen LogP contribution in [0.15, 0.2) is 11.6 Å². The van der Waals surface area contributed by atoms with Crippen LogP contribution in [0.25, 0.3) is 0 Å². The molecule has 0 heterocycles. The Hall–Kier alpha value is -0.390. The third-order valence-corrected chi connectivity index (χ3v) is 4.69. The predicted octanol–water partition coefficient (Wildman–Crippen LogP) is 4.62. The van der Waals surface area contributed by atoms with E-state index in [0.717, 1.165) is 23.7 Å². The lowest BCUT2D eigenvalue weighted by Gasteiger charge is -2.41. The Bertz CT molecular complexity index is 249. The molecular weight excluding hydrogens is 180 g/mol. The van der Waals surface area contributed by atoms with E-state index in [1.807, 2.05) is 0 Å². The standard InChI is InChI=1S/C15H25/c1-10(2)13-8-6-12(4)14-7-5-11(3)9-15(13)14/h6,10,13-15H,5,7-9H2,1-4H3/q+1. The van der Waals surface area contributed by atoms with Crippen molar-refractivity contribution in [2.24, 2.45) is 23.7 Å². The molecular formula is C15H25+. The molecule has 2 aliphatic rings. The van der Waals surface area contributed by atoms with Crippen molar-refractivity contribution in [3.05, 3.63) is 17.6 Å². The minimum Gasteiger partial charge on any atom is -0.0850 e. The van der Waals surface area contributed by atoms with Crippen LogP contribution in [0.4, 0.5) is 0 Å². The highest BCUT2D eigenvalue weighted by Crippen LogP contribution is 2.48. The summed E-state index contributed by atoms with van der Waals surface area (Å²) in [5.74, 6) is 5.41. The van der Waals surface area contributed by atoms with Crippen LogP contribution in [0.1, 0.15) is 53.4 Å². The highest BCUT2D eigenvalue weighted by Gasteiger charge is 2.42. The fourth-order valence-electron chi connectivity index (χ4n) is 3.69. The molecule has 0 aliphatic heterocycles. The lowest BCUT2D eigenvalue weighted by atomic mass is 9.61. The number of rotatable bonds is 1. The highest BCUT2D eigenvalue weighted by atomic mass is 14.4. The van der Waals surface area contributed by atoms with Crippen molar-refractivity contribution in [3.63, 3.8) is 0 Å². The molecule has 0 saturated heterocycles. The van der Waals surface area contributed by atoms with Crippen LogP contribution in [-0.4, -0.2) is 0 Å². The Morgan fingerprint density at radius 3 is 2.80 bits per heavy atom. The molecule has 15 heavy (non-hydrogen) atoms. The smallest absolute Gasteiger partial charge is 0.0850 e. The Morgan fingerprint density at radius 2 is 2.13 bits per heavy atom. The van der Waals surface area contributed by atoms with Crippen LogP contribution in [0.5, 0.6) is 0 Å². The van der Waals surface area contributed by atoms with Crippen molar-refractivity contribution in [3.8, 4) is 0 Å². The largest absolute Gasteiger partial charge is 0.0933 e. The molecule has 2 aliphatic carbocycles. The summed E-state index contributed by atoms with van der Waals surface area (Å²) in [6, 6.07) is 0. The Labute approximate surface area is 95.1 Å². The summed E-state index contributed by atoms with van der Waals surface area (Å²) in [6.07, 6.45) is 8.04. The van der Waals surface area contributed by atoms with E-state index in [1.54, 1.807) is 11.5 Å². The minimum atomic E-state index is 0.854. The number of hydrogen-bond acceptors (Lipinski definition) is 0. The molecule has 3 atom stereocenters. The summed E-state index contributed by atoms with van der Waals surface area (Å²) in [5.41, 5.74) is 1.68. The summed E-state index contributed by atoms with van der Waals surface area (Å²) in [4.78, 5) is 0. The van der Waals surface area contributed by atoms with Gasteiger partial charge in [-0.3, -0.25) is 0 Å². The van der Waals surface area contributed by atoms with Gasteiger partial charge in [-0.05, 0) is 37.5 Å². The van der Waals surface area contributed by atoms with E-state index in [9.17, 15) is 0 Å². The van der Waals surface area contributed by atoms with Gasteiger partial charge < -0.3 is 0 Å². The minimum absolute atomic E-state index is 0.854. The first-order valence-corrected chi connectivity index (χ1v) is 6.57. The molecule has 84 valence electrons. The van der Waals surface area contributed by atoms with Crippen LogP contribution >= 0.6 is 0 Å². The van der Waals surface area contributed by atoms with Gasteiger partial charge in [-0.15, -0.1) is 0 Å². The van der Waals surface area contributed by atoms with Crippen molar-refractivity contribution in [2.45, 2.75) is 53.4 Å². The average molecular weight is 205 g/mol. The van der Waals surface area contributed by atoms with Crippen LogP contribution in [0.2, 0.25) is 0 Å². The van der Waals surface area contributed by atoms with Crippen LogP contribution in [0, 0.1) is 29.6 Å². The van der Waals surface area contributed by atoms with E-state index in [1.165, 1.54) is 25.7 Å². The molecule has 0 aromatic heterocycles. The molecule has 0 spiro atoms. The predicted molar refractivity (Wildman–Crippen MR) is 66.5 cm³/mol. The van der Waals surface area contributed by atoms with Crippen molar-refractivity contribution in [2.75, 3.05) is 0 Å². The second kappa shape index (κ2) is 4.23. The Kier molecular flexibility index (Phi) is 3.13. The molecule has 0 N–H and O–H groups in total. The molecule has 0 nitrogen and oxygen atoms in total. The first-order valence-electron chi connectivity index (χ1n) is 6.57. The lowest BCUT2D eigenvalue weighted by Crippen LogP contribution is -2.35. The van der Waals surface area contributed by atoms with E-state index < -0.39 is 0 Å². The molecule has 0 bridgehead atoms. The zero-order valence-electron chi connectivity index (χ0n) is 10.7. The molecule has 3 unspecified atom stereocenters. The zero-order valence-corrected chi connectivity index (χ0v) is 10.7. The molecule has 1 saturated carbocycles. The normalized spacial score (nSPS) is 36.5. The third-order valence-electron chi connectivity index (χ3n) is 4.69. The van der Waals surface area contributed by atoms with Gasteiger partial charge >= 0.3 is 0 Å². The quantitative estimate of drug-likeness (QED) is 0.433. The molecule has 0 amide bonds. The summed E-state index contributed by atoms with van der Waals surface area (Å²) in [7, 11) is 0. The fourth-order valence-corrected chi connectivity index (χ4v) is 3.69. The molecule has 0 aromatic rings. The summed E-state index contributed by atoms with van der Waals surface area (Å²) in [6.45, 7) is 9.52. The van der Waals surface area contributed by atoms with Crippen LogP contribution in [-0.2, 0) is 0 Å². The van der Waals surface area contributed by atoms with E-state index >= 15 is 0 Å². The van der Waals surface area contributed by atoms with Crippen molar-refractivity contribution < 1.29 is 0 Å². The second-order valence-electron chi connectivity index (χ2n) is 6.06. The maximum atomic E-state index is 2.52. The summed E-state index contributed by atoms with van der Waals surface area (Å²) in [5, 5.41) is 0. The molecule has 1 fully saturated rings. The van der Waals surface area contributed by atoms with Crippen molar-refractivity contribution in [1.82, 2.24) is 0 Å². The number of fused-ring (bicyclic) bond motifs is 1. The monoisotopic (exact) mass is 205 g/mol. The van der Waals surface area contributed by atoms with E-state index in [0.29, 0.717) is 0 Å². The van der Waals surface area contributed by atoms with Crippen LogP contribution in [0.3, 0.4) is 0 Å². The van der Waals surface area contributed by atoms with E-state index in [-0.39, 0.29) is 0 Å². The first kappa shape index (κ1) is 11.1. The van der Waals surface area contributed by atoms with E-state index in [4.69, 9.17) is 0 Å². The number of hydrogen-bond donors (Lipinski definition) is 0. The van der Waals surface area contributed by atoms with Crippen LogP contribution < -0.4 is 0 Å². The third kappa shape index (κ3) is 2.09. The number of allylic oxidation sites excluding steroid dienone is 2. The average Bonchev–Trinajstić information content (AvgIpc) is 2.17.